The molecule has 1 saturated carbocycles. The van der Waals surface area contributed by atoms with Gasteiger partial charge in [-0.2, -0.15) is 0 Å². The van der Waals surface area contributed by atoms with Crippen LogP contribution in [0.3, 0.4) is 0 Å². The Hall–Kier alpha value is -3.65. The Morgan fingerprint density at radius 3 is 2.62 bits per heavy atom. The van der Waals surface area contributed by atoms with E-state index < -0.39 is 0 Å². The Labute approximate surface area is 220 Å². The fourth-order valence-electron chi connectivity index (χ4n) is 4.24. The van der Waals surface area contributed by atoms with Gasteiger partial charge < -0.3 is 9.64 Å². The van der Waals surface area contributed by atoms with Gasteiger partial charge in [-0.15, -0.1) is 11.3 Å². The number of Topliss-reactive ketones (excluding diaryl/α,β-unsaturated/α-hetero) is 1. The normalized spacial score (nSPS) is 13.0. The number of hydrogen-bond acceptors (Lipinski definition) is 7. The first-order valence-electron chi connectivity index (χ1n) is 12.7. The van der Waals surface area contributed by atoms with Gasteiger partial charge in [0.05, 0.1) is 27.0 Å². The fourth-order valence-corrected chi connectivity index (χ4v) is 5.29. The summed E-state index contributed by atoms with van der Waals surface area (Å²) >= 11 is 1.57. The van der Waals surface area contributed by atoms with Crippen molar-refractivity contribution < 1.29 is 14.3 Å². The van der Waals surface area contributed by atoms with Gasteiger partial charge in [-0.05, 0) is 55.0 Å². The summed E-state index contributed by atoms with van der Waals surface area (Å²) in [5, 5.41) is 0. The second-order valence-corrected chi connectivity index (χ2v) is 10.6. The van der Waals surface area contributed by atoms with E-state index in [0.717, 1.165) is 45.0 Å². The Kier molecular flexibility index (Phi) is 7.55. The fraction of sp³-hybridized carbons (Fsp3) is 0.345. The van der Waals surface area contributed by atoms with E-state index in [0.29, 0.717) is 36.8 Å². The summed E-state index contributed by atoms with van der Waals surface area (Å²) < 4.78 is 7.08. The molecule has 1 fully saturated rings. The Bertz CT molecular complexity index is 1400. The van der Waals surface area contributed by atoms with E-state index in [1.165, 1.54) is 12.8 Å². The second-order valence-electron chi connectivity index (χ2n) is 9.58. The molecule has 4 heterocycles. The number of carbonyl (C=O) groups excluding carboxylic acids is 2. The maximum atomic E-state index is 12.1. The lowest BCUT2D eigenvalue weighted by molar-refractivity contribution is -0.129. The van der Waals surface area contributed by atoms with E-state index >= 15 is 0 Å². The molecule has 0 aromatic carbocycles. The zero-order valence-corrected chi connectivity index (χ0v) is 22.0. The smallest absolute Gasteiger partial charge is 0.219 e. The molecule has 0 aliphatic heterocycles. The first-order valence-corrected chi connectivity index (χ1v) is 13.5. The first kappa shape index (κ1) is 25.0. The van der Waals surface area contributed by atoms with Gasteiger partial charge in [0.25, 0.3) is 0 Å². The highest BCUT2D eigenvalue weighted by molar-refractivity contribution is 7.22. The van der Waals surface area contributed by atoms with Gasteiger partial charge in [0.1, 0.15) is 17.3 Å². The molecule has 190 valence electrons. The molecule has 0 N–H and O–H groups in total. The van der Waals surface area contributed by atoms with Gasteiger partial charge in [0.2, 0.25) is 5.91 Å². The number of thiophene rings is 1. The monoisotopic (exact) mass is 514 g/mol. The summed E-state index contributed by atoms with van der Waals surface area (Å²) in [5.41, 5.74) is 3.46. The third kappa shape index (κ3) is 6.38. The van der Waals surface area contributed by atoms with Crippen LogP contribution >= 0.6 is 11.3 Å². The standard InChI is InChI=1S/C29H30N4O3S/c1-3-12-33(19(2)34)18-21-6-9-25(32-16-21)28-15-26-29(37-28)27(10-11-30-26)36-24-8-7-22(31-17-24)14-23(35)13-20-4-5-20/h6-11,15-17,20H,3-5,12-14,18H2,1-2H3. The van der Waals surface area contributed by atoms with Crippen molar-refractivity contribution in [2.45, 2.75) is 52.5 Å². The van der Waals surface area contributed by atoms with E-state index in [2.05, 4.69) is 21.9 Å². The zero-order valence-electron chi connectivity index (χ0n) is 21.1. The predicted molar refractivity (Wildman–Crippen MR) is 145 cm³/mol. The van der Waals surface area contributed by atoms with E-state index in [1.807, 2.05) is 47.5 Å². The Morgan fingerprint density at radius 2 is 1.95 bits per heavy atom. The van der Waals surface area contributed by atoms with Crippen LogP contribution in [0, 0.1) is 5.92 Å². The van der Waals surface area contributed by atoms with Crippen molar-refractivity contribution in [3.63, 3.8) is 0 Å². The van der Waals surface area contributed by atoms with E-state index in [-0.39, 0.29) is 11.7 Å². The largest absolute Gasteiger partial charge is 0.454 e. The van der Waals surface area contributed by atoms with Crippen LogP contribution in [0.15, 0.2) is 55.0 Å². The van der Waals surface area contributed by atoms with Gasteiger partial charge in [-0.3, -0.25) is 24.5 Å². The number of ether oxygens (including phenoxy) is 1. The first-order chi connectivity index (χ1) is 18.0. The molecule has 4 aromatic heterocycles. The van der Waals surface area contributed by atoms with Crippen LogP contribution < -0.4 is 4.74 Å². The molecular formula is C29H30N4O3S. The lowest BCUT2D eigenvalue weighted by atomic mass is 10.1. The number of hydrogen-bond donors (Lipinski definition) is 0. The summed E-state index contributed by atoms with van der Waals surface area (Å²) in [6.07, 6.45) is 9.55. The number of carbonyl (C=O) groups is 2. The summed E-state index contributed by atoms with van der Waals surface area (Å²) in [7, 11) is 0. The molecule has 5 rings (SSSR count). The number of rotatable bonds is 11. The minimum absolute atomic E-state index is 0.0703. The van der Waals surface area contributed by atoms with Gasteiger partial charge >= 0.3 is 0 Å². The molecule has 0 radical (unpaired) electrons. The topological polar surface area (TPSA) is 85.3 Å². The third-order valence-electron chi connectivity index (χ3n) is 6.38. The van der Waals surface area contributed by atoms with Crippen molar-refractivity contribution in [1.29, 1.82) is 0 Å². The second kappa shape index (κ2) is 11.2. The van der Waals surface area contributed by atoms with Gasteiger partial charge in [0, 0.05) is 57.0 Å². The number of ketones is 1. The molecule has 8 heteroatoms. The summed E-state index contributed by atoms with van der Waals surface area (Å²) in [5.74, 6) is 2.24. The molecule has 0 unspecified atom stereocenters. The molecule has 7 nitrogen and oxygen atoms in total. The highest BCUT2D eigenvalue weighted by atomic mass is 32.1. The molecule has 1 aliphatic rings. The molecule has 1 aliphatic carbocycles. The molecule has 0 bridgehead atoms. The van der Waals surface area contributed by atoms with Crippen molar-refractivity contribution in [2.75, 3.05) is 6.54 Å². The maximum Gasteiger partial charge on any atom is 0.219 e. The average Bonchev–Trinajstić information content (AvgIpc) is 3.59. The number of pyridine rings is 3. The number of fused-ring (bicyclic) bond motifs is 1. The maximum absolute atomic E-state index is 12.1. The Balaban J connectivity index is 1.28. The van der Waals surface area contributed by atoms with Crippen molar-refractivity contribution in [3.05, 3.63) is 66.2 Å². The van der Waals surface area contributed by atoms with Crippen LogP contribution in [-0.2, 0) is 22.6 Å². The number of aromatic nitrogens is 3. The number of amides is 1. The van der Waals surface area contributed by atoms with Crippen molar-refractivity contribution in [1.82, 2.24) is 19.9 Å². The van der Waals surface area contributed by atoms with E-state index in [9.17, 15) is 9.59 Å². The zero-order chi connectivity index (χ0) is 25.8. The van der Waals surface area contributed by atoms with E-state index in [4.69, 9.17) is 4.74 Å². The predicted octanol–water partition coefficient (Wildman–Crippen LogP) is 6.22. The summed E-state index contributed by atoms with van der Waals surface area (Å²) in [4.78, 5) is 40.4. The lowest BCUT2D eigenvalue weighted by Crippen LogP contribution is -2.28. The molecule has 0 atom stereocenters. The van der Waals surface area contributed by atoms with Crippen molar-refractivity contribution >= 4 is 33.2 Å². The van der Waals surface area contributed by atoms with Crippen LogP contribution in [0.2, 0.25) is 0 Å². The van der Waals surface area contributed by atoms with Crippen LogP contribution in [0.1, 0.15) is 50.8 Å². The van der Waals surface area contributed by atoms with Crippen molar-refractivity contribution in [2.24, 2.45) is 5.92 Å². The minimum Gasteiger partial charge on any atom is -0.454 e. The Morgan fingerprint density at radius 1 is 1.08 bits per heavy atom. The number of nitrogens with zero attached hydrogens (tertiary/aromatic N) is 4. The molecule has 0 spiro atoms. The van der Waals surface area contributed by atoms with Gasteiger partial charge in [0.15, 0.2) is 0 Å². The SMILES string of the molecule is CCCN(Cc1ccc(-c2cc3nccc(Oc4ccc(CC(=O)CC5CC5)nc4)c3s2)nc1)C(C)=O. The molecule has 37 heavy (non-hydrogen) atoms. The summed E-state index contributed by atoms with van der Waals surface area (Å²) in [6.45, 7) is 4.96. The highest BCUT2D eigenvalue weighted by Crippen LogP contribution is 2.38. The highest BCUT2D eigenvalue weighted by Gasteiger charge is 2.24. The average molecular weight is 515 g/mol. The van der Waals surface area contributed by atoms with Gasteiger partial charge in [-0.25, -0.2) is 0 Å². The molecule has 1 amide bonds. The van der Waals surface area contributed by atoms with Gasteiger partial charge in [-0.1, -0.05) is 13.0 Å². The third-order valence-corrected chi connectivity index (χ3v) is 7.54. The molecular weight excluding hydrogens is 484 g/mol. The molecule has 0 saturated heterocycles. The van der Waals surface area contributed by atoms with Crippen LogP contribution in [0.25, 0.3) is 20.8 Å². The van der Waals surface area contributed by atoms with Crippen LogP contribution in [-0.4, -0.2) is 38.1 Å². The van der Waals surface area contributed by atoms with Crippen LogP contribution in [0.5, 0.6) is 11.5 Å². The quantitative estimate of drug-likeness (QED) is 0.236. The molecule has 4 aromatic rings. The van der Waals surface area contributed by atoms with Crippen molar-refractivity contribution in [3.8, 4) is 22.1 Å². The lowest BCUT2D eigenvalue weighted by Gasteiger charge is -2.20. The summed E-state index contributed by atoms with van der Waals surface area (Å²) in [6, 6.07) is 11.6. The van der Waals surface area contributed by atoms with Crippen LogP contribution in [0.4, 0.5) is 0 Å². The minimum atomic E-state index is 0.0703. The van der Waals surface area contributed by atoms with E-state index in [1.54, 1.807) is 30.7 Å².